The summed E-state index contributed by atoms with van der Waals surface area (Å²) in [6, 6.07) is 14.8. The van der Waals surface area contributed by atoms with Crippen molar-refractivity contribution in [2.75, 3.05) is 12.4 Å². The van der Waals surface area contributed by atoms with Gasteiger partial charge in [0, 0.05) is 11.1 Å². The number of nitrogens with zero attached hydrogens (tertiary/aromatic N) is 3. The number of aromatic nitrogens is 3. The number of para-hydroxylation sites is 1. The molecule has 0 amide bonds. The predicted octanol–water partition coefficient (Wildman–Crippen LogP) is 5.29. The fraction of sp³-hybridized carbons (Fsp3) is 0.273. The van der Waals surface area contributed by atoms with Crippen molar-refractivity contribution < 1.29 is 4.74 Å². The number of pyridine rings is 1. The second-order valence-electron chi connectivity index (χ2n) is 6.99. The van der Waals surface area contributed by atoms with E-state index in [2.05, 4.69) is 84.8 Å². The smallest absolute Gasteiger partial charge is 0.196 e. The second kappa shape index (κ2) is 7.24. The van der Waals surface area contributed by atoms with Gasteiger partial charge in [0.2, 0.25) is 0 Å². The van der Waals surface area contributed by atoms with Crippen LogP contribution in [0.4, 0.5) is 0 Å². The maximum Gasteiger partial charge on any atom is 0.196 e. The number of fused-ring (bicyclic) bond motifs is 3. The van der Waals surface area contributed by atoms with Gasteiger partial charge < -0.3 is 4.74 Å². The Hall–Kier alpha value is -2.53. The Morgan fingerprint density at radius 3 is 2.48 bits per heavy atom. The molecule has 2 heterocycles. The van der Waals surface area contributed by atoms with Crippen LogP contribution < -0.4 is 4.74 Å². The summed E-state index contributed by atoms with van der Waals surface area (Å²) in [5.41, 5.74) is 6.98. The van der Waals surface area contributed by atoms with Crippen LogP contribution in [0.3, 0.4) is 0 Å². The highest BCUT2D eigenvalue weighted by atomic mass is 32.2. The third-order valence-corrected chi connectivity index (χ3v) is 5.56. The minimum absolute atomic E-state index is 0.630. The van der Waals surface area contributed by atoms with E-state index in [4.69, 9.17) is 4.74 Å². The van der Waals surface area contributed by atoms with Crippen LogP contribution in [-0.2, 0) is 0 Å². The van der Waals surface area contributed by atoms with Crippen molar-refractivity contribution in [1.29, 1.82) is 0 Å². The molecule has 0 aliphatic heterocycles. The average Bonchev–Trinajstić information content (AvgIpc) is 3.01. The summed E-state index contributed by atoms with van der Waals surface area (Å²) in [6.45, 7) is 9.07. The lowest BCUT2D eigenvalue weighted by atomic mass is 10.1. The molecule has 0 spiro atoms. The molecule has 0 fully saturated rings. The van der Waals surface area contributed by atoms with Crippen molar-refractivity contribution in [1.82, 2.24) is 14.6 Å². The Bertz CT molecular complexity index is 1110. The van der Waals surface area contributed by atoms with Crippen LogP contribution in [0.5, 0.6) is 5.75 Å². The maximum absolute atomic E-state index is 5.93. The highest BCUT2D eigenvalue weighted by Gasteiger charge is 2.13. The first-order valence-corrected chi connectivity index (χ1v) is 10.1. The Kier molecular flexibility index (Phi) is 4.79. The first kappa shape index (κ1) is 17.9. The molecular formula is C22H23N3OS. The minimum atomic E-state index is 0.630. The van der Waals surface area contributed by atoms with Gasteiger partial charge in [-0.25, -0.2) is 0 Å². The summed E-state index contributed by atoms with van der Waals surface area (Å²) in [5.74, 6) is 1.74. The molecular weight excluding hydrogens is 354 g/mol. The number of hydrogen-bond donors (Lipinski definition) is 0. The van der Waals surface area contributed by atoms with Crippen molar-refractivity contribution in [2.45, 2.75) is 32.9 Å². The van der Waals surface area contributed by atoms with Crippen molar-refractivity contribution >= 4 is 28.3 Å². The molecule has 138 valence electrons. The fourth-order valence-electron chi connectivity index (χ4n) is 3.53. The molecule has 0 N–H and O–H groups in total. The summed E-state index contributed by atoms with van der Waals surface area (Å²) >= 11 is 1.68. The SMILES string of the molecule is Cc1cc(C)cc(OCCSc2nnc3cc(C)c4cccc(C)c4n23)c1. The zero-order chi connectivity index (χ0) is 19.0. The Labute approximate surface area is 163 Å². The monoisotopic (exact) mass is 377 g/mol. The van der Waals surface area contributed by atoms with E-state index >= 15 is 0 Å². The van der Waals surface area contributed by atoms with E-state index in [9.17, 15) is 0 Å². The van der Waals surface area contributed by atoms with Crippen LogP contribution in [0, 0.1) is 27.7 Å². The number of rotatable bonds is 5. The number of hydrogen-bond acceptors (Lipinski definition) is 4. The summed E-state index contributed by atoms with van der Waals surface area (Å²) in [5, 5.41) is 11.0. The third kappa shape index (κ3) is 3.52. The molecule has 0 unspecified atom stereocenters. The van der Waals surface area contributed by atoms with Gasteiger partial charge in [-0.1, -0.05) is 36.0 Å². The lowest BCUT2D eigenvalue weighted by Crippen LogP contribution is -2.02. The quantitative estimate of drug-likeness (QED) is 0.350. The summed E-state index contributed by atoms with van der Waals surface area (Å²) in [6.07, 6.45) is 0. The molecule has 5 heteroatoms. The van der Waals surface area contributed by atoms with Crippen molar-refractivity contribution in [3.05, 3.63) is 64.7 Å². The summed E-state index contributed by atoms with van der Waals surface area (Å²) in [4.78, 5) is 0. The van der Waals surface area contributed by atoms with Gasteiger partial charge in [0.25, 0.3) is 0 Å². The first-order chi connectivity index (χ1) is 13.0. The van der Waals surface area contributed by atoms with Crippen LogP contribution in [0.25, 0.3) is 16.6 Å². The molecule has 0 bridgehead atoms. The van der Waals surface area contributed by atoms with Gasteiger partial charge >= 0.3 is 0 Å². The van der Waals surface area contributed by atoms with E-state index in [-0.39, 0.29) is 0 Å². The van der Waals surface area contributed by atoms with Crippen molar-refractivity contribution in [2.24, 2.45) is 0 Å². The van der Waals surface area contributed by atoms with Gasteiger partial charge in [-0.2, -0.15) is 0 Å². The molecule has 0 radical (unpaired) electrons. The molecule has 27 heavy (non-hydrogen) atoms. The van der Waals surface area contributed by atoms with E-state index in [1.54, 1.807) is 11.8 Å². The third-order valence-electron chi connectivity index (χ3n) is 4.67. The normalized spacial score (nSPS) is 11.4. The fourth-order valence-corrected chi connectivity index (χ4v) is 4.29. The Morgan fingerprint density at radius 1 is 0.926 bits per heavy atom. The van der Waals surface area contributed by atoms with Crippen LogP contribution in [0.2, 0.25) is 0 Å². The van der Waals surface area contributed by atoms with Gasteiger partial charge in [-0.3, -0.25) is 4.40 Å². The first-order valence-electron chi connectivity index (χ1n) is 9.11. The van der Waals surface area contributed by atoms with E-state index in [1.807, 2.05) is 0 Å². The van der Waals surface area contributed by atoms with Gasteiger partial charge in [-0.15, -0.1) is 10.2 Å². The Morgan fingerprint density at radius 2 is 1.70 bits per heavy atom. The van der Waals surface area contributed by atoms with E-state index in [1.165, 1.54) is 33.2 Å². The van der Waals surface area contributed by atoms with Gasteiger partial charge in [0.1, 0.15) is 5.75 Å². The molecule has 4 aromatic rings. The highest BCUT2D eigenvalue weighted by molar-refractivity contribution is 7.99. The van der Waals surface area contributed by atoms with Crippen LogP contribution in [-0.4, -0.2) is 27.0 Å². The van der Waals surface area contributed by atoms with Crippen LogP contribution >= 0.6 is 11.8 Å². The second-order valence-corrected chi connectivity index (χ2v) is 8.06. The largest absolute Gasteiger partial charge is 0.493 e. The predicted molar refractivity (Wildman–Crippen MR) is 112 cm³/mol. The highest BCUT2D eigenvalue weighted by Crippen LogP contribution is 2.28. The van der Waals surface area contributed by atoms with Crippen LogP contribution in [0.1, 0.15) is 22.3 Å². The molecule has 2 aromatic carbocycles. The lowest BCUT2D eigenvalue weighted by Gasteiger charge is -2.10. The summed E-state index contributed by atoms with van der Waals surface area (Å²) in [7, 11) is 0. The van der Waals surface area contributed by atoms with E-state index in [0.29, 0.717) is 6.61 Å². The molecule has 0 aliphatic carbocycles. The molecule has 0 saturated heterocycles. The zero-order valence-electron chi connectivity index (χ0n) is 16.1. The van der Waals surface area contributed by atoms with E-state index < -0.39 is 0 Å². The topological polar surface area (TPSA) is 39.4 Å². The molecule has 0 saturated carbocycles. The molecule has 0 aliphatic rings. The van der Waals surface area contributed by atoms with Crippen molar-refractivity contribution in [3.63, 3.8) is 0 Å². The number of aryl methyl sites for hydroxylation is 4. The summed E-state index contributed by atoms with van der Waals surface area (Å²) < 4.78 is 8.10. The van der Waals surface area contributed by atoms with Crippen molar-refractivity contribution in [3.8, 4) is 5.75 Å². The van der Waals surface area contributed by atoms with Gasteiger partial charge in [0.05, 0.1) is 12.1 Å². The molecule has 4 rings (SSSR count). The number of thioether (sulfide) groups is 1. The Balaban J connectivity index is 1.56. The van der Waals surface area contributed by atoms with Crippen LogP contribution in [0.15, 0.2) is 47.6 Å². The number of benzene rings is 2. The zero-order valence-corrected chi connectivity index (χ0v) is 16.9. The minimum Gasteiger partial charge on any atom is -0.493 e. The maximum atomic E-state index is 5.93. The average molecular weight is 378 g/mol. The molecule has 2 aromatic heterocycles. The standard InChI is InChI=1S/C22H23N3OS/c1-14-10-15(2)12-18(11-14)26-8-9-27-22-24-23-20-13-17(4)19-7-5-6-16(3)21(19)25(20)22/h5-7,10-13H,8-9H2,1-4H3. The van der Waals surface area contributed by atoms with Gasteiger partial charge in [0.15, 0.2) is 10.8 Å². The number of ether oxygens (including phenoxy) is 1. The molecule has 0 atom stereocenters. The van der Waals surface area contributed by atoms with Gasteiger partial charge in [-0.05, 0) is 68.1 Å². The molecule has 4 nitrogen and oxygen atoms in total. The van der Waals surface area contributed by atoms with E-state index in [0.717, 1.165) is 22.3 Å². The lowest BCUT2D eigenvalue weighted by molar-refractivity contribution is 0.343.